The molecule has 0 bridgehead atoms. The van der Waals surface area contributed by atoms with Crippen LogP contribution >= 0.6 is 0 Å². The molecule has 1 aromatic carbocycles. The second kappa shape index (κ2) is 7.78. The minimum Gasteiger partial charge on any atom is -0.363 e. The Balaban J connectivity index is 1.44. The number of alkyl halides is 3. The highest BCUT2D eigenvalue weighted by Gasteiger charge is 2.48. The van der Waals surface area contributed by atoms with Crippen LogP contribution in [0.15, 0.2) is 30.5 Å². The van der Waals surface area contributed by atoms with Crippen LogP contribution in [0.3, 0.4) is 0 Å². The van der Waals surface area contributed by atoms with E-state index in [9.17, 15) is 22.4 Å². The molecular weight excluding hydrogens is 452 g/mol. The molecule has 2 N–H and O–H groups in total. The number of amides is 1. The molecule has 1 amide bonds. The van der Waals surface area contributed by atoms with Crippen molar-refractivity contribution in [1.82, 2.24) is 20.3 Å². The third-order valence-electron chi connectivity index (χ3n) is 6.41. The lowest BCUT2D eigenvalue weighted by Crippen LogP contribution is -2.57. The van der Waals surface area contributed by atoms with Gasteiger partial charge in [0.1, 0.15) is 23.3 Å². The van der Waals surface area contributed by atoms with Gasteiger partial charge in [0.15, 0.2) is 0 Å². The highest BCUT2D eigenvalue weighted by Crippen LogP contribution is 2.40. The number of benzene rings is 1. The van der Waals surface area contributed by atoms with E-state index in [2.05, 4.69) is 30.5 Å². The van der Waals surface area contributed by atoms with E-state index in [1.807, 2.05) is 6.07 Å². The molecule has 1 atom stereocenters. The summed E-state index contributed by atoms with van der Waals surface area (Å²) in [5.74, 6) is 0.254. The number of aryl methyl sites for hydroxylation is 1. The van der Waals surface area contributed by atoms with Gasteiger partial charge in [-0.25, -0.2) is 19.3 Å². The Morgan fingerprint density at radius 1 is 1.24 bits per heavy atom. The second-order valence-corrected chi connectivity index (χ2v) is 9.06. The Morgan fingerprint density at radius 3 is 2.68 bits per heavy atom. The number of fused-ring (bicyclic) bond motifs is 1. The van der Waals surface area contributed by atoms with Crippen LogP contribution in [0.25, 0.3) is 10.9 Å². The SMILES string of the molecule is Cc1nc(N[C@H](C)c2cccc(C(F)(F)F)c2F)c2cc(N3CC4(CNC(=O)C4)C3)ncc2n1. The molecule has 2 aliphatic rings. The number of rotatable bonds is 4. The number of halogens is 4. The fourth-order valence-electron chi connectivity index (χ4n) is 4.71. The van der Waals surface area contributed by atoms with Crippen molar-refractivity contribution in [3.63, 3.8) is 0 Å². The van der Waals surface area contributed by atoms with Crippen LogP contribution in [0.5, 0.6) is 0 Å². The molecule has 178 valence electrons. The molecule has 2 saturated heterocycles. The number of carbonyl (C=O) groups is 1. The molecule has 0 radical (unpaired) electrons. The van der Waals surface area contributed by atoms with E-state index in [-0.39, 0.29) is 16.9 Å². The van der Waals surface area contributed by atoms with Crippen LogP contribution in [-0.4, -0.2) is 40.5 Å². The van der Waals surface area contributed by atoms with Crippen molar-refractivity contribution in [3.8, 4) is 0 Å². The Kier molecular flexibility index (Phi) is 5.10. The highest BCUT2D eigenvalue weighted by molar-refractivity contribution is 5.91. The zero-order chi connectivity index (χ0) is 24.3. The third-order valence-corrected chi connectivity index (χ3v) is 6.41. The van der Waals surface area contributed by atoms with E-state index in [4.69, 9.17) is 0 Å². The molecule has 0 aliphatic carbocycles. The van der Waals surface area contributed by atoms with E-state index in [0.29, 0.717) is 54.4 Å². The van der Waals surface area contributed by atoms with Gasteiger partial charge in [-0.15, -0.1) is 0 Å². The Morgan fingerprint density at radius 2 is 2.00 bits per heavy atom. The smallest absolute Gasteiger partial charge is 0.363 e. The normalized spacial score (nSPS) is 18.2. The van der Waals surface area contributed by atoms with Gasteiger partial charge in [0, 0.05) is 42.4 Å². The number of aromatic nitrogens is 3. The van der Waals surface area contributed by atoms with Crippen molar-refractivity contribution in [2.45, 2.75) is 32.5 Å². The first-order valence-electron chi connectivity index (χ1n) is 10.8. The maximum Gasteiger partial charge on any atom is 0.419 e. The number of hydrogen-bond donors (Lipinski definition) is 2. The van der Waals surface area contributed by atoms with Gasteiger partial charge in [-0.1, -0.05) is 12.1 Å². The van der Waals surface area contributed by atoms with E-state index in [1.165, 1.54) is 12.1 Å². The summed E-state index contributed by atoms with van der Waals surface area (Å²) in [7, 11) is 0. The zero-order valence-corrected chi connectivity index (χ0v) is 18.5. The summed E-state index contributed by atoms with van der Waals surface area (Å²) in [4.78, 5) is 27.0. The first-order valence-corrected chi connectivity index (χ1v) is 10.8. The minimum absolute atomic E-state index is 0.0531. The van der Waals surface area contributed by atoms with Crippen LogP contribution < -0.4 is 15.5 Å². The molecular formula is C23H22F4N6O. The predicted molar refractivity (Wildman–Crippen MR) is 118 cm³/mol. The van der Waals surface area contributed by atoms with Crippen molar-refractivity contribution < 1.29 is 22.4 Å². The lowest BCUT2D eigenvalue weighted by molar-refractivity contribution is -0.140. The van der Waals surface area contributed by atoms with Gasteiger partial charge in [0.05, 0.1) is 23.3 Å². The van der Waals surface area contributed by atoms with Crippen LogP contribution in [0.1, 0.15) is 36.3 Å². The van der Waals surface area contributed by atoms with Gasteiger partial charge in [-0.3, -0.25) is 4.79 Å². The number of nitrogens with one attached hydrogen (secondary N) is 2. The summed E-state index contributed by atoms with van der Waals surface area (Å²) >= 11 is 0. The van der Waals surface area contributed by atoms with Gasteiger partial charge in [-0.2, -0.15) is 13.2 Å². The number of nitrogens with zero attached hydrogens (tertiary/aromatic N) is 4. The predicted octanol–water partition coefficient (Wildman–Crippen LogP) is 3.99. The number of hydrogen-bond acceptors (Lipinski definition) is 6. The van der Waals surface area contributed by atoms with E-state index >= 15 is 0 Å². The number of pyridine rings is 1. The molecule has 4 heterocycles. The summed E-state index contributed by atoms with van der Waals surface area (Å²) < 4.78 is 54.1. The van der Waals surface area contributed by atoms with Crippen LogP contribution in [0.2, 0.25) is 0 Å². The monoisotopic (exact) mass is 474 g/mol. The third kappa shape index (κ3) is 3.88. The Bertz CT molecular complexity index is 1290. The van der Waals surface area contributed by atoms with E-state index in [0.717, 1.165) is 6.07 Å². The van der Waals surface area contributed by atoms with E-state index < -0.39 is 23.6 Å². The average molecular weight is 474 g/mol. The largest absolute Gasteiger partial charge is 0.419 e. The lowest BCUT2D eigenvalue weighted by Gasteiger charge is -2.47. The quantitative estimate of drug-likeness (QED) is 0.557. The van der Waals surface area contributed by atoms with Gasteiger partial charge < -0.3 is 15.5 Å². The Labute approximate surface area is 192 Å². The van der Waals surface area contributed by atoms with Crippen molar-refractivity contribution in [2.75, 3.05) is 29.9 Å². The maximum absolute atomic E-state index is 14.7. The fourth-order valence-corrected chi connectivity index (χ4v) is 4.71. The number of anilines is 2. The zero-order valence-electron chi connectivity index (χ0n) is 18.5. The summed E-state index contributed by atoms with van der Waals surface area (Å²) in [6, 6.07) is 4.25. The maximum atomic E-state index is 14.7. The molecule has 3 aromatic rings. The molecule has 0 saturated carbocycles. The molecule has 2 aliphatic heterocycles. The molecule has 5 rings (SSSR count). The van der Waals surface area contributed by atoms with Crippen molar-refractivity contribution in [1.29, 1.82) is 0 Å². The number of carbonyl (C=O) groups excluding carboxylic acids is 1. The molecule has 1 spiro atoms. The highest BCUT2D eigenvalue weighted by atomic mass is 19.4. The molecule has 0 unspecified atom stereocenters. The molecule has 2 fully saturated rings. The first-order chi connectivity index (χ1) is 16.0. The minimum atomic E-state index is -4.79. The van der Waals surface area contributed by atoms with E-state index in [1.54, 1.807) is 20.0 Å². The lowest BCUT2D eigenvalue weighted by atomic mass is 9.79. The fraction of sp³-hybridized carbons (Fsp3) is 0.391. The summed E-state index contributed by atoms with van der Waals surface area (Å²) in [5, 5.41) is 6.55. The van der Waals surface area contributed by atoms with Gasteiger partial charge in [0.2, 0.25) is 5.91 Å². The molecule has 7 nitrogen and oxygen atoms in total. The summed E-state index contributed by atoms with van der Waals surface area (Å²) in [6.45, 7) is 5.28. The Hall–Kier alpha value is -3.50. The van der Waals surface area contributed by atoms with Crippen LogP contribution in [0, 0.1) is 18.2 Å². The average Bonchev–Trinajstić information content (AvgIpc) is 3.14. The van der Waals surface area contributed by atoms with Crippen LogP contribution in [0.4, 0.5) is 29.2 Å². The summed E-state index contributed by atoms with van der Waals surface area (Å²) in [5.41, 5.74) is -0.936. The van der Waals surface area contributed by atoms with Crippen molar-refractivity contribution in [3.05, 3.63) is 53.2 Å². The van der Waals surface area contributed by atoms with Gasteiger partial charge in [0.25, 0.3) is 0 Å². The standard InChI is InChI=1S/C23H22F4N6O/c1-12(14-4-3-5-16(20(14)24)23(25,26)27)30-21-15-6-18(28-8-17(15)31-13(2)32-21)33-10-22(11-33)7-19(34)29-9-22/h3-6,8,12H,7,9-11H2,1-2H3,(H,29,34)(H,30,31,32)/t12-/m1/s1. The molecule has 11 heteroatoms. The van der Waals surface area contributed by atoms with Gasteiger partial charge >= 0.3 is 6.18 Å². The molecule has 34 heavy (non-hydrogen) atoms. The van der Waals surface area contributed by atoms with Crippen molar-refractivity contribution in [2.24, 2.45) is 5.41 Å². The topological polar surface area (TPSA) is 83.0 Å². The van der Waals surface area contributed by atoms with Crippen LogP contribution in [-0.2, 0) is 11.0 Å². The molecule has 2 aromatic heterocycles. The second-order valence-electron chi connectivity index (χ2n) is 9.06. The van der Waals surface area contributed by atoms with Crippen molar-refractivity contribution >= 4 is 28.4 Å². The summed E-state index contributed by atoms with van der Waals surface area (Å²) in [6.07, 6.45) is -2.68. The first kappa shape index (κ1) is 22.3. The van der Waals surface area contributed by atoms with Gasteiger partial charge in [-0.05, 0) is 26.0 Å².